The molecule has 10 aromatic rings. The SMILES string of the molecule is c1ccc(-c2cc(-c3cc(-n4c5ccccc5c5ccccc54)cc4c5ccccc5n(-c5ccccc5)c34)nc(-c3ccccc3)n2)cc1. The van der Waals surface area contributed by atoms with Crippen LogP contribution in [0.1, 0.15) is 0 Å². The van der Waals surface area contributed by atoms with Crippen molar-refractivity contribution < 1.29 is 0 Å². The molecule has 50 heavy (non-hydrogen) atoms. The van der Waals surface area contributed by atoms with E-state index in [0.717, 1.165) is 50.5 Å². The highest BCUT2D eigenvalue weighted by Crippen LogP contribution is 2.42. The molecule has 0 saturated heterocycles. The summed E-state index contributed by atoms with van der Waals surface area (Å²) in [7, 11) is 0. The molecule has 0 saturated carbocycles. The first kappa shape index (κ1) is 28.3. The standard InChI is InChI=1S/C46H30N4/c1-4-16-31(17-5-1)40-30-41(48-46(47-40)32-18-6-2-7-19-32)39-29-34(49-42-25-13-10-22-35(42)36-23-11-14-26-43(36)49)28-38-37-24-12-15-27-44(37)50(45(38)39)33-20-8-3-9-21-33/h1-30H. The molecule has 0 atom stereocenters. The van der Waals surface area contributed by atoms with Gasteiger partial charge in [0.05, 0.1) is 33.5 Å². The Balaban J connectivity index is 1.38. The molecule has 0 aliphatic rings. The molecule has 10 rings (SSSR count). The van der Waals surface area contributed by atoms with Gasteiger partial charge in [0.1, 0.15) is 0 Å². The molecule has 4 heteroatoms. The fraction of sp³-hybridized carbons (Fsp3) is 0. The minimum atomic E-state index is 0.694. The molecular weight excluding hydrogens is 609 g/mol. The molecule has 0 N–H and O–H groups in total. The van der Waals surface area contributed by atoms with Gasteiger partial charge in [-0.1, -0.05) is 133 Å². The van der Waals surface area contributed by atoms with E-state index in [4.69, 9.17) is 9.97 Å². The average Bonchev–Trinajstić information content (AvgIpc) is 3.71. The third-order valence-electron chi connectivity index (χ3n) is 9.71. The molecule has 0 bridgehead atoms. The summed E-state index contributed by atoms with van der Waals surface area (Å²) in [6, 6.07) is 64.3. The molecule has 0 aliphatic heterocycles. The Morgan fingerprint density at radius 1 is 0.340 bits per heavy atom. The summed E-state index contributed by atoms with van der Waals surface area (Å²) in [4.78, 5) is 10.5. The van der Waals surface area contributed by atoms with Gasteiger partial charge in [0.2, 0.25) is 0 Å². The van der Waals surface area contributed by atoms with E-state index < -0.39 is 0 Å². The van der Waals surface area contributed by atoms with Crippen LogP contribution in [0.15, 0.2) is 182 Å². The zero-order chi connectivity index (χ0) is 33.0. The Kier molecular flexibility index (Phi) is 6.46. The van der Waals surface area contributed by atoms with E-state index in [-0.39, 0.29) is 0 Å². The van der Waals surface area contributed by atoms with Crippen molar-refractivity contribution in [2.24, 2.45) is 0 Å². The van der Waals surface area contributed by atoms with E-state index >= 15 is 0 Å². The van der Waals surface area contributed by atoms with Crippen molar-refractivity contribution in [1.82, 2.24) is 19.1 Å². The fourth-order valence-corrected chi connectivity index (χ4v) is 7.51. The van der Waals surface area contributed by atoms with E-state index in [1.807, 2.05) is 24.3 Å². The minimum absolute atomic E-state index is 0.694. The number of hydrogen-bond acceptors (Lipinski definition) is 2. The summed E-state index contributed by atoms with van der Waals surface area (Å²) in [5.41, 5.74) is 11.6. The fourth-order valence-electron chi connectivity index (χ4n) is 7.51. The van der Waals surface area contributed by atoms with Crippen LogP contribution in [0.3, 0.4) is 0 Å². The van der Waals surface area contributed by atoms with Crippen LogP contribution in [0, 0.1) is 0 Å². The van der Waals surface area contributed by atoms with Crippen molar-refractivity contribution in [3.8, 4) is 45.3 Å². The number of fused-ring (bicyclic) bond motifs is 6. The van der Waals surface area contributed by atoms with Crippen LogP contribution in [-0.4, -0.2) is 19.1 Å². The highest BCUT2D eigenvalue weighted by Gasteiger charge is 2.22. The molecular formula is C46H30N4. The molecule has 0 spiro atoms. The second kappa shape index (κ2) is 11.4. The van der Waals surface area contributed by atoms with E-state index in [1.165, 1.54) is 32.6 Å². The van der Waals surface area contributed by atoms with Crippen LogP contribution in [0.2, 0.25) is 0 Å². The molecule has 0 aliphatic carbocycles. The highest BCUT2D eigenvalue weighted by atomic mass is 15.0. The lowest BCUT2D eigenvalue weighted by atomic mass is 10.0. The molecule has 4 nitrogen and oxygen atoms in total. The van der Waals surface area contributed by atoms with Crippen molar-refractivity contribution in [2.75, 3.05) is 0 Å². The number of nitrogens with zero attached hydrogens (tertiary/aromatic N) is 4. The van der Waals surface area contributed by atoms with Gasteiger partial charge in [-0.05, 0) is 48.5 Å². The summed E-state index contributed by atoms with van der Waals surface area (Å²) in [6.45, 7) is 0. The second-order valence-corrected chi connectivity index (χ2v) is 12.6. The maximum absolute atomic E-state index is 5.37. The van der Waals surface area contributed by atoms with Gasteiger partial charge in [0.15, 0.2) is 5.82 Å². The molecule has 0 fully saturated rings. The van der Waals surface area contributed by atoms with E-state index in [1.54, 1.807) is 0 Å². The summed E-state index contributed by atoms with van der Waals surface area (Å²) < 4.78 is 4.79. The number of benzene rings is 7. The Bertz CT molecular complexity index is 2740. The Morgan fingerprint density at radius 2 is 0.820 bits per heavy atom. The molecule has 234 valence electrons. The first-order valence-corrected chi connectivity index (χ1v) is 16.9. The maximum Gasteiger partial charge on any atom is 0.160 e. The van der Waals surface area contributed by atoms with Gasteiger partial charge in [-0.25, -0.2) is 9.97 Å². The van der Waals surface area contributed by atoms with Crippen molar-refractivity contribution in [3.05, 3.63) is 182 Å². The average molecular weight is 639 g/mol. The monoisotopic (exact) mass is 638 g/mol. The van der Waals surface area contributed by atoms with E-state index in [0.29, 0.717) is 5.82 Å². The van der Waals surface area contributed by atoms with Crippen LogP contribution >= 0.6 is 0 Å². The van der Waals surface area contributed by atoms with Crippen LogP contribution in [-0.2, 0) is 0 Å². The van der Waals surface area contributed by atoms with Gasteiger partial charge >= 0.3 is 0 Å². The van der Waals surface area contributed by atoms with Gasteiger partial charge in [0.25, 0.3) is 0 Å². The van der Waals surface area contributed by atoms with Crippen LogP contribution in [0.25, 0.3) is 88.9 Å². The van der Waals surface area contributed by atoms with Gasteiger partial charge in [-0.2, -0.15) is 0 Å². The Hall–Kier alpha value is -6.78. The van der Waals surface area contributed by atoms with Crippen LogP contribution in [0.5, 0.6) is 0 Å². The minimum Gasteiger partial charge on any atom is -0.309 e. The van der Waals surface area contributed by atoms with Crippen molar-refractivity contribution >= 4 is 43.6 Å². The number of aromatic nitrogens is 4. The lowest BCUT2D eigenvalue weighted by Gasteiger charge is -2.16. The summed E-state index contributed by atoms with van der Waals surface area (Å²) in [6.07, 6.45) is 0. The maximum atomic E-state index is 5.37. The zero-order valence-electron chi connectivity index (χ0n) is 27.1. The lowest BCUT2D eigenvalue weighted by molar-refractivity contribution is 1.15. The summed E-state index contributed by atoms with van der Waals surface area (Å²) >= 11 is 0. The number of rotatable bonds is 5. The molecule has 0 unspecified atom stereocenters. The first-order chi connectivity index (χ1) is 24.8. The second-order valence-electron chi connectivity index (χ2n) is 12.6. The molecule has 3 heterocycles. The molecule has 0 radical (unpaired) electrons. The largest absolute Gasteiger partial charge is 0.309 e. The van der Waals surface area contributed by atoms with E-state index in [2.05, 4.69) is 167 Å². The number of para-hydroxylation sites is 4. The third kappa shape index (κ3) is 4.46. The molecule has 3 aromatic heterocycles. The Morgan fingerprint density at radius 3 is 1.44 bits per heavy atom. The topological polar surface area (TPSA) is 35.6 Å². The quantitative estimate of drug-likeness (QED) is 0.188. The molecule has 7 aromatic carbocycles. The lowest BCUT2D eigenvalue weighted by Crippen LogP contribution is -2.01. The van der Waals surface area contributed by atoms with Gasteiger partial charge in [0, 0.05) is 49.6 Å². The van der Waals surface area contributed by atoms with Crippen molar-refractivity contribution in [2.45, 2.75) is 0 Å². The normalized spacial score (nSPS) is 11.6. The highest BCUT2D eigenvalue weighted by molar-refractivity contribution is 6.15. The molecule has 0 amide bonds. The van der Waals surface area contributed by atoms with Crippen molar-refractivity contribution in [1.29, 1.82) is 0 Å². The smallest absolute Gasteiger partial charge is 0.160 e. The van der Waals surface area contributed by atoms with Gasteiger partial charge < -0.3 is 9.13 Å². The van der Waals surface area contributed by atoms with Crippen LogP contribution < -0.4 is 0 Å². The third-order valence-corrected chi connectivity index (χ3v) is 9.71. The van der Waals surface area contributed by atoms with Gasteiger partial charge in [-0.15, -0.1) is 0 Å². The number of hydrogen-bond donors (Lipinski definition) is 0. The first-order valence-electron chi connectivity index (χ1n) is 16.9. The summed E-state index contributed by atoms with van der Waals surface area (Å²) in [5.74, 6) is 0.694. The predicted molar refractivity (Wildman–Crippen MR) is 207 cm³/mol. The predicted octanol–water partition coefficient (Wildman–Crippen LogP) is 11.7. The Labute approximate surface area is 289 Å². The van der Waals surface area contributed by atoms with Gasteiger partial charge in [-0.3, -0.25) is 0 Å². The van der Waals surface area contributed by atoms with Crippen molar-refractivity contribution in [3.63, 3.8) is 0 Å². The van der Waals surface area contributed by atoms with E-state index in [9.17, 15) is 0 Å². The van der Waals surface area contributed by atoms with Crippen LogP contribution in [0.4, 0.5) is 0 Å². The zero-order valence-corrected chi connectivity index (χ0v) is 27.1. The summed E-state index contributed by atoms with van der Waals surface area (Å²) in [5, 5.41) is 4.82.